The molecule has 1 N–H and O–H groups in total. The zero-order chi connectivity index (χ0) is 13.6. The lowest BCUT2D eigenvalue weighted by Crippen LogP contribution is -2.40. The molecule has 0 aromatic heterocycles. The van der Waals surface area contributed by atoms with Crippen LogP contribution in [0.4, 0.5) is 4.39 Å². The van der Waals surface area contributed by atoms with Crippen molar-refractivity contribution in [1.82, 2.24) is 4.90 Å². The van der Waals surface area contributed by atoms with E-state index in [0.29, 0.717) is 6.61 Å². The van der Waals surface area contributed by atoms with Crippen LogP contribution in [0.1, 0.15) is 32.6 Å². The molecule has 104 valence electrons. The topological polar surface area (TPSA) is 66.8 Å². The molecule has 18 heavy (non-hydrogen) atoms. The van der Waals surface area contributed by atoms with Crippen LogP contribution < -0.4 is 0 Å². The average Bonchev–Trinajstić information content (AvgIpc) is 2.73. The molecule has 0 radical (unpaired) electrons. The number of carbonyl (C=O) groups is 2. The Morgan fingerprint density at radius 1 is 1.44 bits per heavy atom. The molecule has 0 saturated carbocycles. The van der Waals surface area contributed by atoms with E-state index < -0.39 is 11.6 Å². The molecule has 1 fully saturated rings. The summed E-state index contributed by atoms with van der Waals surface area (Å²) in [6.45, 7) is 2.24. The van der Waals surface area contributed by atoms with Gasteiger partial charge in [-0.05, 0) is 6.42 Å². The van der Waals surface area contributed by atoms with Gasteiger partial charge in [0, 0.05) is 19.6 Å². The molecule has 1 aliphatic rings. The van der Waals surface area contributed by atoms with E-state index >= 15 is 0 Å². The number of likely N-dealkylation sites (tertiary alicyclic amines) is 1. The van der Waals surface area contributed by atoms with Crippen LogP contribution in [0, 0.1) is 0 Å². The highest BCUT2D eigenvalue weighted by molar-refractivity contribution is 5.82. The molecule has 1 unspecified atom stereocenters. The molecule has 0 aromatic rings. The van der Waals surface area contributed by atoms with Gasteiger partial charge < -0.3 is 14.7 Å². The zero-order valence-corrected chi connectivity index (χ0v) is 10.7. The average molecular weight is 261 g/mol. The fraction of sp³-hybridized carbons (Fsp3) is 0.833. The minimum Gasteiger partial charge on any atom is -0.479 e. The number of amides is 1. The maximum absolute atomic E-state index is 13.7. The second kappa shape index (κ2) is 6.68. The SMILES string of the molecule is CCCCCOCC(=O)N1CCC(F)(C(=O)O)C1. The summed E-state index contributed by atoms with van der Waals surface area (Å²) in [6.07, 6.45) is 2.87. The Kier molecular flexibility index (Phi) is 5.53. The number of aliphatic carboxylic acids is 1. The molecule has 0 aliphatic carbocycles. The highest BCUT2D eigenvalue weighted by Gasteiger charge is 2.46. The van der Waals surface area contributed by atoms with Gasteiger partial charge in [-0.15, -0.1) is 0 Å². The van der Waals surface area contributed by atoms with Crippen LogP contribution in [-0.2, 0) is 14.3 Å². The van der Waals surface area contributed by atoms with E-state index in [1.54, 1.807) is 0 Å². The smallest absolute Gasteiger partial charge is 0.343 e. The van der Waals surface area contributed by atoms with Gasteiger partial charge in [-0.3, -0.25) is 4.79 Å². The minimum atomic E-state index is -2.29. The van der Waals surface area contributed by atoms with Crippen LogP contribution in [0.5, 0.6) is 0 Å². The molecule has 0 spiro atoms. The molecule has 0 aromatic carbocycles. The first-order valence-corrected chi connectivity index (χ1v) is 6.27. The molecule has 0 bridgehead atoms. The number of carboxylic acids is 1. The first-order chi connectivity index (χ1) is 8.49. The molecule has 6 heteroatoms. The number of halogens is 1. The lowest BCUT2D eigenvalue weighted by molar-refractivity contribution is -0.150. The van der Waals surface area contributed by atoms with E-state index in [0.717, 1.165) is 19.3 Å². The third-order valence-corrected chi connectivity index (χ3v) is 3.07. The van der Waals surface area contributed by atoms with Crippen LogP contribution in [0.2, 0.25) is 0 Å². The normalized spacial score (nSPS) is 23.3. The molecule has 1 saturated heterocycles. The number of hydrogen-bond donors (Lipinski definition) is 1. The first kappa shape index (κ1) is 14.9. The van der Waals surface area contributed by atoms with Gasteiger partial charge in [0.1, 0.15) is 6.61 Å². The quantitative estimate of drug-likeness (QED) is 0.700. The summed E-state index contributed by atoms with van der Waals surface area (Å²) in [5.74, 6) is -1.84. The summed E-state index contributed by atoms with van der Waals surface area (Å²) in [7, 11) is 0. The van der Waals surface area contributed by atoms with Gasteiger partial charge in [0.15, 0.2) is 0 Å². The van der Waals surface area contributed by atoms with Crippen molar-refractivity contribution in [3.63, 3.8) is 0 Å². The molecule has 1 rings (SSSR count). The maximum atomic E-state index is 13.7. The number of carbonyl (C=O) groups excluding carboxylic acids is 1. The van der Waals surface area contributed by atoms with Gasteiger partial charge in [0.25, 0.3) is 0 Å². The van der Waals surface area contributed by atoms with Crippen LogP contribution >= 0.6 is 0 Å². The summed E-state index contributed by atoms with van der Waals surface area (Å²) in [5, 5.41) is 8.70. The predicted octanol–water partition coefficient (Wildman–Crippen LogP) is 1.22. The monoisotopic (exact) mass is 261 g/mol. The summed E-state index contributed by atoms with van der Waals surface area (Å²) in [6, 6.07) is 0. The van der Waals surface area contributed by atoms with E-state index in [9.17, 15) is 14.0 Å². The number of alkyl halides is 1. The molecule has 1 amide bonds. The summed E-state index contributed by atoms with van der Waals surface area (Å²) >= 11 is 0. The summed E-state index contributed by atoms with van der Waals surface area (Å²) < 4.78 is 18.9. The van der Waals surface area contributed by atoms with Gasteiger partial charge in [0.05, 0.1) is 6.54 Å². The Hall–Kier alpha value is -1.17. The number of nitrogens with zero attached hydrogens (tertiary/aromatic N) is 1. The molecular weight excluding hydrogens is 241 g/mol. The van der Waals surface area contributed by atoms with Gasteiger partial charge in [0.2, 0.25) is 11.6 Å². The zero-order valence-electron chi connectivity index (χ0n) is 10.7. The lowest BCUT2D eigenvalue weighted by Gasteiger charge is -2.17. The van der Waals surface area contributed by atoms with E-state index in [-0.39, 0.29) is 32.0 Å². The molecule has 1 heterocycles. The second-order valence-corrected chi connectivity index (χ2v) is 4.60. The third kappa shape index (κ3) is 3.94. The van der Waals surface area contributed by atoms with Gasteiger partial charge in [-0.25, -0.2) is 9.18 Å². The second-order valence-electron chi connectivity index (χ2n) is 4.60. The summed E-state index contributed by atoms with van der Waals surface area (Å²) in [5.41, 5.74) is -2.29. The van der Waals surface area contributed by atoms with Crippen molar-refractivity contribution < 1.29 is 23.8 Å². The van der Waals surface area contributed by atoms with Crippen molar-refractivity contribution in [2.75, 3.05) is 26.3 Å². The highest BCUT2D eigenvalue weighted by atomic mass is 19.1. The van der Waals surface area contributed by atoms with E-state index in [4.69, 9.17) is 9.84 Å². The molecule has 1 aliphatic heterocycles. The van der Waals surface area contributed by atoms with Gasteiger partial charge >= 0.3 is 5.97 Å². The molecule has 1 atom stereocenters. The fourth-order valence-electron chi connectivity index (χ4n) is 1.87. The summed E-state index contributed by atoms with van der Waals surface area (Å²) in [4.78, 5) is 23.5. The van der Waals surface area contributed by atoms with Crippen molar-refractivity contribution in [2.45, 2.75) is 38.3 Å². The third-order valence-electron chi connectivity index (χ3n) is 3.07. The van der Waals surface area contributed by atoms with E-state index in [1.807, 2.05) is 0 Å². The molecule has 5 nitrogen and oxygen atoms in total. The van der Waals surface area contributed by atoms with Crippen molar-refractivity contribution >= 4 is 11.9 Å². The number of unbranched alkanes of at least 4 members (excludes halogenated alkanes) is 2. The van der Waals surface area contributed by atoms with Crippen molar-refractivity contribution in [3.05, 3.63) is 0 Å². The van der Waals surface area contributed by atoms with E-state index in [2.05, 4.69) is 6.92 Å². The number of hydrogen-bond acceptors (Lipinski definition) is 3. The van der Waals surface area contributed by atoms with Crippen LogP contribution in [-0.4, -0.2) is 53.9 Å². The number of rotatable bonds is 7. The maximum Gasteiger partial charge on any atom is 0.343 e. The van der Waals surface area contributed by atoms with Crippen molar-refractivity contribution in [3.8, 4) is 0 Å². The van der Waals surface area contributed by atoms with Crippen molar-refractivity contribution in [2.24, 2.45) is 0 Å². The Morgan fingerprint density at radius 2 is 2.17 bits per heavy atom. The minimum absolute atomic E-state index is 0.0978. The Bertz CT molecular complexity index is 310. The lowest BCUT2D eigenvalue weighted by atomic mass is 10.1. The van der Waals surface area contributed by atoms with Crippen molar-refractivity contribution in [1.29, 1.82) is 0 Å². The Morgan fingerprint density at radius 3 is 2.72 bits per heavy atom. The van der Waals surface area contributed by atoms with Crippen LogP contribution in [0.3, 0.4) is 0 Å². The van der Waals surface area contributed by atoms with Crippen LogP contribution in [0.25, 0.3) is 0 Å². The fourth-order valence-corrected chi connectivity index (χ4v) is 1.87. The van der Waals surface area contributed by atoms with Gasteiger partial charge in [-0.1, -0.05) is 19.8 Å². The van der Waals surface area contributed by atoms with Crippen LogP contribution in [0.15, 0.2) is 0 Å². The number of carboxylic acid groups (broad SMARTS) is 1. The Balaban J connectivity index is 2.26. The van der Waals surface area contributed by atoms with E-state index in [1.165, 1.54) is 4.90 Å². The standard InChI is InChI=1S/C12H20FNO4/c1-2-3-4-7-18-8-10(15)14-6-5-12(13,9-14)11(16)17/h2-9H2,1H3,(H,16,17). The van der Waals surface area contributed by atoms with Gasteiger partial charge in [-0.2, -0.15) is 0 Å². The molecular formula is C12H20FNO4. The predicted molar refractivity (Wildman–Crippen MR) is 63.0 cm³/mol. The highest BCUT2D eigenvalue weighted by Crippen LogP contribution is 2.25. The number of ether oxygens (including phenoxy) is 1. The first-order valence-electron chi connectivity index (χ1n) is 6.27. The Labute approximate surface area is 106 Å². The largest absolute Gasteiger partial charge is 0.479 e.